The maximum absolute atomic E-state index is 11.6. The number of amides is 1. The number of nitrogen functional groups attached to an aromatic ring is 1. The summed E-state index contributed by atoms with van der Waals surface area (Å²) < 4.78 is 5.15. The molecule has 0 aromatic carbocycles. The number of anilines is 2. The molecule has 0 radical (unpaired) electrons. The molecule has 2 heterocycles. The van der Waals surface area contributed by atoms with Gasteiger partial charge in [0.2, 0.25) is 0 Å². The zero-order valence-corrected chi connectivity index (χ0v) is 20.3. The molecule has 0 saturated carbocycles. The lowest BCUT2D eigenvalue weighted by Gasteiger charge is -2.20. The quantitative estimate of drug-likeness (QED) is 0.616. The van der Waals surface area contributed by atoms with E-state index in [2.05, 4.69) is 29.1 Å². The van der Waals surface area contributed by atoms with E-state index in [4.69, 9.17) is 41.2 Å². The summed E-state index contributed by atoms with van der Waals surface area (Å²) in [4.78, 5) is 52.2. The number of halogens is 1. The molecule has 34 heavy (non-hydrogen) atoms. The van der Waals surface area contributed by atoms with Crippen molar-refractivity contribution in [1.29, 1.82) is 0 Å². The molecule has 0 aliphatic heterocycles. The SMILES string of the molecule is C.CCc1c(C)ccnc1N.CCc1c(Cl)ccnc1NC(=O)OC(C)(C)C.O=C=O.O=C=O. The van der Waals surface area contributed by atoms with Crippen LogP contribution >= 0.6 is 11.6 Å². The fraction of sp³-hybridized carbons (Fsp3) is 0.435. The van der Waals surface area contributed by atoms with Gasteiger partial charge in [-0.3, -0.25) is 5.32 Å². The van der Waals surface area contributed by atoms with E-state index in [1.807, 2.05) is 13.0 Å². The minimum Gasteiger partial charge on any atom is -0.444 e. The van der Waals surface area contributed by atoms with Gasteiger partial charge in [0.05, 0.1) is 0 Å². The van der Waals surface area contributed by atoms with Crippen molar-refractivity contribution in [2.75, 3.05) is 11.1 Å². The average Bonchev–Trinajstić information content (AvgIpc) is 2.69. The Balaban J connectivity index is -0.000000479. The first-order valence-electron chi connectivity index (χ1n) is 9.74. The fourth-order valence-corrected chi connectivity index (χ4v) is 2.66. The van der Waals surface area contributed by atoms with Crippen molar-refractivity contribution >= 4 is 41.6 Å². The second kappa shape index (κ2) is 18.9. The average molecular weight is 497 g/mol. The third-order valence-electron chi connectivity index (χ3n) is 3.65. The van der Waals surface area contributed by atoms with Crippen molar-refractivity contribution < 1.29 is 28.7 Å². The van der Waals surface area contributed by atoms with Crippen LogP contribution in [0.2, 0.25) is 5.02 Å². The van der Waals surface area contributed by atoms with Gasteiger partial charge in [0.25, 0.3) is 0 Å². The number of pyridine rings is 2. The summed E-state index contributed by atoms with van der Waals surface area (Å²) in [6.45, 7) is 11.5. The Kier molecular flexibility index (Phi) is 19.5. The van der Waals surface area contributed by atoms with Crippen LogP contribution in [0.1, 0.15) is 58.7 Å². The number of aromatic nitrogens is 2. The van der Waals surface area contributed by atoms with Gasteiger partial charge in [-0.15, -0.1) is 0 Å². The molecule has 0 aliphatic carbocycles. The number of hydrogen-bond donors (Lipinski definition) is 2. The van der Waals surface area contributed by atoms with Gasteiger partial charge in [0.15, 0.2) is 0 Å². The minimum atomic E-state index is -0.533. The standard InChI is InChI=1S/C12H17ClN2O2.C8H12N2.2CO2.CH4/c1-5-8-9(13)6-7-14-10(8)15-11(16)17-12(2,3)4;1-3-7-6(2)4-5-10-8(7)9;2*2-1-3;/h6-7H,5H2,1-4H3,(H,14,15,16);4-5H,3H2,1-2H3,(H2,9,10);;;1H4. The Labute approximate surface area is 205 Å². The van der Waals surface area contributed by atoms with E-state index >= 15 is 0 Å². The second-order valence-electron chi connectivity index (χ2n) is 7.11. The predicted molar refractivity (Wildman–Crippen MR) is 128 cm³/mol. The molecule has 10 nitrogen and oxygen atoms in total. The van der Waals surface area contributed by atoms with Crippen molar-refractivity contribution in [1.82, 2.24) is 9.97 Å². The molecular formula is C23H33ClN4O6. The highest BCUT2D eigenvalue weighted by Crippen LogP contribution is 2.23. The molecule has 2 aromatic rings. The first-order chi connectivity index (χ1) is 15.4. The summed E-state index contributed by atoms with van der Waals surface area (Å²) in [7, 11) is 0. The summed E-state index contributed by atoms with van der Waals surface area (Å²) in [5.41, 5.74) is 8.29. The van der Waals surface area contributed by atoms with Crippen LogP contribution in [-0.4, -0.2) is 34.0 Å². The number of rotatable bonds is 3. The molecule has 0 bridgehead atoms. The van der Waals surface area contributed by atoms with E-state index in [-0.39, 0.29) is 19.7 Å². The van der Waals surface area contributed by atoms with E-state index in [0.717, 1.165) is 12.0 Å². The van der Waals surface area contributed by atoms with Crippen molar-refractivity contribution in [3.63, 3.8) is 0 Å². The lowest BCUT2D eigenvalue weighted by Crippen LogP contribution is -2.27. The third kappa shape index (κ3) is 15.3. The summed E-state index contributed by atoms with van der Waals surface area (Å²) in [6.07, 6.45) is 4.92. The Morgan fingerprint density at radius 3 is 1.88 bits per heavy atom. The normalized spacial score (nSPS) is 8.91. The molecule has 3 N–H and O–H groups in total. The van der Waals surface area contributed by atoms with Crippen LogP contribution in [0.5, 0.6) is 0 Å². The van der Waals surface area contributed by atoms with Crippen LogP contribution in [0.25, 0.3) is 0 Å². The number of nitrogens with zero attached hydrogens (tertiary/aromatic N) is 2. The first kappa shape index (κ1) is 35.0. The lowest BCUT2D eigenvalue weighted by molar-refractivity contribution is -0.193. The Morgan fingerprint density at radius 2 is 1.50 bits per heavy atom. The molecule has 0 spiro atoms. The van der Waals surface area contributed by atoms with E-state index in [9.17, 15) is 4.79 Å². The van der Waals surface area contributed by atoms with E-state index < -0.39 is 11.7 Å². The van der Waals surface area contributed by atoms with E-state index in [1.54, 1.807) is 39.2 Å². The molecule has 0 saturated heterocycles. The molecule has 0 fully saturated rings. The Hall–Kier alpha value is -3.58. The van der Waals surface area contributed by atoms with Gasteiger partial charge in [0, 0.05) is 23.0 Å². The maximum Gasteiger partial charge on any atom is 0.413 e. The summed E-state index contributed by atoms with van der Waals surface area (Å²) in [5, 5.41) is 3.19. The highest BCUT2D eigenvalue weighted by atomic mass is 35.5. The molecule has 11 heteroatoms. The Morgan fingerprint density at radius 1 is 1.03 bits per heavy atom. The van der Waals surface area contributed by atoms with Gasteiger partial charge in [-0.25, -0.2) is 14.8 Å². The second-order valence-corrected chi connectivity index (χ2v) is 7.52. The molecule has 0 aliphatic rings. The highest BCUT2D eigenvalue weighted by molar-refractivity contribution is 6.31. The van der Waals surface area contributed by atoms with Crippen LogP contribution in [0.4, 0.5) is 16.4 Å². The van der Waals surface area contributed by atoms with Crippen molar-refractivity contribution in [2.24, 2.45) is 0 Å². The zero-order valence-electron chi connectivity index (χ0n) is 19.5. The van der Waals surface area contributed by atoms with Gasteiger partial charge < -0.3 is 10.5 Å². The molecule has 0 unspecified atom stereocenters. The lowest BCUT2D eigenvalue weighted by atomic mass is 10.1. The van der Waals surface area contributed by atoms with Crippen LogP contribution in [0.3, 0.4) is 0 Å². The number of nitrogens with one attached hydrogen (secondary N) is 1. The van der Waals surface area contributed by atoms with Crippen molar-refractivity contribution in [3.8, 4) is 0 Å². The van der Waals surface area contributed by atoms with Crippen molar-refractivity contribution in [3.05, 3.63) is 46.2 Å². The maximum atomic E-state index is 11.6. The van der Waals surface area contributed by atoms with Crippen LogP contribution < -0.4 is 11.1 Å². The molecule has 2 rings (SSSR count). The largest absolute Gasteiger partial charge is 0.444 e. The highest BCUT2D eigenvalue weighted by Gasteiger charge is 2.18. The van der Waals surface area contributed by atoms with Crippen LogP contribution in [0, 0.1) is 6.92 Å². The summed E-state index contributed by atoms with van der Waals surface area (Å²) in [6, 6.07) is 3.68. The number of carbonyl (C=O) groups excluding carboxylic acids is 5. The van der Waals surface area contributed by atoms with Gasteiger partial charge in [-0.05, 0) is 63.8 Å². The topological polar surface area (TPSA) is 158 Å². The third-order valence-corrected chi connectivity index (χ3v) is 4.00. The summed E-state index contributed by atoms with van der Waals surface area (Å²) in [5.74, 6) is 1.12. The molecule has 188 valence electrons. The molecule has 0 atom stereocenters. The van der Waals surface area contributed by atoms with Crippen LogP contribution in [-0.2, 0) is 36.8 Å². The van der Waals surface area contributed by atoms with Gasteiger partial charge >= 0.3 is 18.4 Å². The summed E-state index contributed by atoms with van der Waals surface area (Å²) >= 11 is 6.01. The monoisotopic (exact) mass is 496 g/mol. The molecule has 1 amide bonds. The minimum absolute atomic E-state index is 0. The number of nitrogens with two attached hydrogens (primary N) is 1. The Bertz CT molecular complexity index is 917. The number of hydrogen-bond acceptors (Lipinski definition) is 9. The predicted octanol–water partition coefficient (Wildman–Crippen LogP) is 4.65. The number of ether oxygens (including phenoxy) is 1. The first-order valence-corrected chi connectivity index (χ1v) is 10.1. The zero-order chi connectivity index (χ0) is 26.0. The van der Waals surface area contributed by atoms with Gasteiger partial charge in [0.1, 0.15) is 17.2 Å². The van der Waals surface area contributed by atoms with E-state index in [1.165, 1.54) is 11.1 Å². The van der Waals surface area contributed by atoms with Gasteiger partial charge in [-0.1, -0.05) is 32.9 Å². The molecular weight excluding hydrogens is 464 g/mol. The van der Waals surface area contributed by atoms with E-state index in [0.29, 0.717) is 23.1 Å². The number of aryl methyl sites for hydroxylation is 1. The number of carbonyl (C=O) groups is 1. The van der Waals surface area contributed by atoms with Crippen LogP contribution in [0.15, 0.2) is 24.5 Å². The smallest absolute Gasteiger partial charge is 0.413 e. The molecule has 2 aromatic heterocycles. The van der Waals surface area contributed by atoms with Crippen molar-refractivity contribution in [2.45, 2.75) is 67.4 Å². The fourth-order valence-electron chi connectivity index (χ4n) is 2.38. The van der Waals surface area contributed by atoms with Gasteiger partial charge in [-0.2, -0.15) is 19.2 Å².